The Morgan fingerprint density at radius 3 is 1.59 bits per heavy atom. The Balaban J connectivity index is 0.969. The Bertz CT molecular complexity index is 4110. The number of rotatable bonds is 6. The van der Waals surface area contributed by atoms with E-state index in [-0.39, 0.29) is 43.7 Å². The van der Waals surface area contributed by atoms with Crippen molar-refractivity contribution in [2.24, 2.45) is 5.41 Å². The zero-order valence-corrected chi connectivity index (χ0v) is 47.7. The summed E-state index contributed by atoms with van der Waals surface area (Å²) in [7, 11) is 0. The number of hydrogen-bond acceptors (Lipinski definition) is 3. The van der Waals surface area contributed by atoms with Gasteiger partial charge in [0, 0.05) is 50.1 Å². The number of hydrogen-bond donors (Lipinski definition) is 1. The number of fused-ring (bicyclic) bond motifs is 10. The van der Waals surface area contributed by atoms with Gasteiger partial charge in [-0.15, -0.1) is 0 Å². The summed E-state index contributed by atoms with van der Waals surface area (Å²) in [5, 5.41) is 12.6. The van der Waals surface area contributed by atoms with Crippen molar-refractivity contribution in [1.29, 1.82) is 0 Å². The first-order chi connectivity index (χ1) is 37.0. The predicted octanol–water partition coefficient (Wildman–Crippen LogP) is 18.6. The van der Waals surface area contributed by atoms with Crippen molar-refractivity contribution >= 4 is 11.0 Å². The first-order valence-electron chi connectivity index (χ1n) is 28.0. The first-order valence-corrected chi connectivity index (χ1v) is 28.0. The Morgan fingerprint density at radius 2 is 0.962 bits per heavy atom. The van der Waals surface area contributed by atoms with Gasteiger partial charge in [0.2, 0.25) is 0 Å². The maximum Gasteiger partial charge on any atom is 0.149 e. The Morgan fingerprint density at radius 1 is 0.410 bits per heavy atom. The average molecular weight is 1020 g/mol. The molecular weight excluding hydrogens is 947 g/mol. The van der Waals surface area contributed by atoms with Gasteiger partial charge >= 0.3 is 0 Å². The average Bonchev–Trinajstić information content (AvgIpc) is 4.18. The predicted molar refractivity (Wildman–Crippen MR) is 324 cm³/mol. The summed E-state index contributed by atoms with van der Waals surface area (Å²) in [5.41, 5.74) is 22.8. The number of nitrogens with zero attached hydrogens (tertiary/aromatic N) is 3. The number of imidazole rings is 1. The number of phenolic OH excluding ortho intramolecular Hbond substituents is 1. The lowest BCUT2D eigenvalue weighted by molar-refractivity contribution is 0.0997. The van der Waals surface area contributed by atoms with Gasteiger partial charge < -0.3 is 5.11 Å². The minimum Gasteiger partial charge on any atom is -0.507 e. The van der Waals surface area contributed by atoms with Gasteiger partial charge in [-0.1, -0.05) is 223 Å². The molecule has 4 unspecified atom stereocenters. The second kappa shape index (κ2) is 16.6. The highest BCUT2D eigenvalue weighted by atomic mass is 16.3. The largest absolute Gasteiger partial charge is 0.507 e. The minimum absolute atomic E-state index is 0.0796. The van der Waals surface area contributed by atoms with Crippen LogP contribution in [0.15, 0.2) is 188 Å². The number of para-hydroxylation sites is 1. The molecule has 0 aliphatic heterocycles. The van der Waals surface area contributed by atoms with E-state index >= 15 is 0 Å². The van der Waals surface area contributed by atoms with Crippen molar-refractivity contribution in [1.82, 2.24) is 14.5 Å². The van der Waals surface area contributed by atoms with E-state index in [4.69, 9.17) is 9.97 Å². The van der Waals surface area contributed by atoms with Crippen molar-refractivity contribution in [3.05, 3.63) is 238 Å². The molecule has 3 aliphatic rings. The van der Waals surface area contributed by atoms with Crippen LogP contribution in [0.3, 0.4) is 0 Å². The van der Waals surface area contributed by atoms with Crippen molar-refractivity contribution in [3.63, 3.8) is 0 Å². The molecule has 3 aliphatic carbocycles. The molecule has 13 rings (SSSR count). The van der Waals surface area contributed by atoms with Crippen LogP contribution in [0, 0.1) is 5.41 Å². The number of aromatic nitrogens is 3. The van der Waals surface area contributed by atoms with Crippen LogP contribution in [0.4, 0.5) is 0 Å². The highest BCUT2D eigenvalue weighted by Crippen LogP contribution is 2.82. The normalized spacial score (nSPS) is 21.1. The zero-order valence-electron chi connectivity index (χ0n) is 47.7. The van der Waals surface area contributed by atoms with E-state index in [0.29, 0.717) is 11.4 Å². The van der Waals surface area contributed by atoms with Crippen LogP contribution in [0.2, 0.25) is 0 Å². The lowest BCUT2D eigenvalue weighted by Crippen LogP contribution is -2.51. The molecule has 2 aromatic heterocycles. The summed E-state index contributed by atoms with van der Waals surface area (Å²) >= 11 is 0. The molecule has 0 saturated carbocycles. The number of aromatic hydroxyl groups is 1. The molecule has 0 fully saturated rings. The topological polar surface area (TPSA) is 50.9 Å². The van der Waals surface area contributed by atoms with E-state index in [1.807, 2.05) is 6.20 Å². The highest BCUT2D eigenvalue weighted by Gasteiger charge is 2.79. The summed E-state index contributed by atoms with van der Waals surface area (Å²) < 4.78 is 2.30. The summed E-state index contributed by atoms with van der Waals surface area (Å²) in [6, 6.07) is 67.5. The van der Waals surface area contributed by atoms with Crippen LogP contribution in [0.1, 0.15) is 140 Å². The second-order valence-corrected chi connectivity index (χ2v) is 26.6. The fourth-order valence-electron chi connectivity index (χ4n) is 15.1. The third-order valence-electron chi connectivity index (χ3n) is 19.6. The third kappa shape index (κ3) is 6.65. The van der Waals surface area contributed by atoms with Crippen LogP contribution < -0.4 is 0 Å². The van der Waals surface area contributed by atoms with E-state index in [2.05, 4.69) is 277 Å². The summed E-state index contributed by atoms with van der Waals surface area (Å²) in [6.07, 6.45) is 1.97. The van der Waals surface area contributed by atoms with Crippen LogP contribution in [0.5, 0.6) is 5.75 Å². The van der Waals surface area contributed by atoms with Crippen LogP contribution in [-0.2, 0) is 32.5 Å². The third-order valence-corrected chi connectivity index (χ3v) is 19.6. The molecule has 78 heavy (non-hydrogen) atoms. The molecule has 10 aromatic rings. The Hall–Kier alpha value is -7.82. The van der Waals surface area contributed by atoms with E-state index in [1.54, 1.807) is 0 Å². The molecule has 1 N–H and O–H groups in total. The van der Waals surface area contributed by atoms with Gasteiger partial charge in [0.05, 0.1) is 28.0 Å². The molecule has 0 saturated heterocycles. The van der Waals surface area contributed by atoms with Crippen LogP contribution in [0.25, 0.3) is 72.7 Å². The fraction of sp³-hybridized carbons (Fsp3) is 0.270. The van der Waals surface area contributed by atoms with E-state index < -0.39 is 0 Å². The minimum atomic E-state index is -0.330. The summed E-state index contributed by atoms with van der Waals surface area (Å²) in [6.45, 7) is 30.2. The Kier molecular flexibility index (Phi) is 10.6. The summed E-state index contributed by atoms with van der Waals surface area (Å²) in [4.78, 5) is 10.8. The van der Waals surface area contributed by atoms with Crippen molar-refractivity contribution in [2.45, 2.75) is 122 Å². The SMILES string of the molecule is CC(C)(C)c1ccc(-n2c(-c3cc(C(C)(C)C)cc(C(C)(C)C)c3O)nc3c(-c4cccc(-c5cc(-c6ccc7c(c6)C6(C)c8ccccc8C8(C)c9ccccc9C7(C)C86C)ccn5)c4)cccc32)c(-c2ccccc2)c1. The molecule has 0 radical (unpaired) electrons. The molecule has 0 amide bonds. The fourth-order valence-corrected chi connectivity index (χ4v) is 15.1. The van der Waals surface area contributed by atoms with Gasteiger partial charge in [0.1, 0.15) is 11.6 Å². The standard InChI is InChI=1S/C74H71N3O/c1-68(2,3)50-34-36-63(53(42-50)45-23-15-14-16-24-45)77-64-32-22-27-52(65(64)76-67(77)54-43-51(69(4,5)6)44-61(66(54)78)70(7,8)9)48-25-21-26-49(39-48)62-41-47(37-38-75-62)46-33-35-59-60(40-46)73(12)58-31-20-19-30-57(58)71(10)55-28-17-18-29-56(55)72(59,11)74(71,73)13/h14-44,78H,1-13H3. The van der Waals surface area contributed by atoms with Gasteiger partial charge in [-0.3, -0.25) is 9.55 Å². The number of benzene rings is 8. The van der Waals surface area contributed by atoms with Gasteiger partial charge in [-0.25, -0.2) is 4.98 Å². The molecule has 4 nitrogen and oxygen atoms in total. The quantitative estimate of drug-likeness (QED) is 0.181. The monoisotopic (exact) mass is 1020 g/mol. The molecule has 0 spiro atoms. The van der Waals surface area contributed by atoms with Gasteiger partial charge in [0.15, 0.2) is 0 Å². The zero-order chi connectivity index (χ0) is 54.7. The molecule has 2 heterocycles. The number of phenols is 1. The van der Waals surface area contributed by atoms with Crippen molar-refractivity contribution in [2.75, 3.05) is 0 Å². The first kappa shape index (κ1) is 49.7. The van der Waals surface area contributed by atoms with Crippen molar-refractivity contribution in [3.8, 4) is 67.5 Å². The molecular formula is C74H71N3O. The highest BCUT2D eigenvalue weighted by molar-refractivity contribution is 5.98. The molecule has 4 heteroatoms. The molecule has 388 valence electrons. The lowest BCUT2D eigenvalue weighted by Gasteiger charge is -2.49. The number of pyridine rings is 1. The smallest absolute Gasteiger partial charge is 0.149 e. The summed E-state index contributed by atoms with van der Waals surface area (Å²) in [5.74, 6) is 0.956. The molecule has 4 atom stereocenters. The van der Waals surface area contributed by atoms with Crippen LogP contribution in [-0.4, -0.2) is 19.6 Å². The van der Waals surface area contributed by atoms with Gasteiger partial charge in [-0.2, -0.15) is 0 Å². The van der Waals surface area contributed by atoms with E-state index in [9.17, 15) is 5.11 Å². The molecule has 0 bridgehead atoms. The Labute approximate surface area is 462 Å². The van der Waals surface area contributed by atoms with Gasteiger partial charge in [0.25, 0.3) is 0 Å². The van der Waals surface area contributed by atoms with Crippen molar-refractivity contribution < 1.29 is 5.11 Å². The van der Waals surface area contributed by atoms with E-state index in [1.165, 1.54) is 44.5 Å². The van der Waals surface area contributed by atoms with E-state index in [0.717, 1.165) is 66.9 Å². The lowest BCUT2D eigenvalue weighted by atomic mass is 9.52. The second-order valence-electron chi connectivity index (χ2n) is 26.6. The van der Waals surface area contributed by atoms with Crippen LogP contribution >= 0.6 is 0 Å². The van der Waals surface area contributed by atoms with Gasteiger partial charge in [-0.05, 0) is 132 Å². The molecule has 8 aromatic carbocycles. The maximum absolute atomic E-state index is 12.6. The maximum atomic E-state index is 12.6.